The Bertz CT molecular complexity index is 953. The fourth-order valence-corrected chi connectivity index (χ4v) is 3.13. The Labute approximate surface area is 149 Å². The van der Waals surface area contributed by atoms with Gasteiger partial charge >= 0.3 is 0 Å². The number of nitrogens with zero attached hydrogens (tertiary/aromatic N) is 1. The van der Waals surface area contributed by atoms with Gasteiger partial charge in [0.1, 0.15) is 34.7 Å². The minimum atomic E-state index is -0.287. The summed E-state index contributed by atoms with van der Waals surface area (Å²) in [5, 5.41) is 6.89. The second-order valence-electron chi connectivity index (χ2n) is 6.23. The first-order valence-electron chi connectivity index (χ1n) is 8.37. The zero-order valence-electron chi connectivity index (χ0n) is 14.2. The molecule has 2 heterocycles. The van der Waals surface area contributed by atoms with Crippen LogP contribution in [0.4, 0.5) is 4.39 Å². The lowest BCUT2D eigenvalue weighted by atomic mass is 10.1. The summed E-state index contributed by atoms with van der Waals surface area (Å²) in [6, 6.07) is 13.9. The predicted octanol–water partition coefficient (Wildman–Crippen LogP) is 3.52. The van der Waals surface area contributed by atoms with Gasteiger partial charge in [0, 0.05) is 17.5 Å². The standard InChI is InChI=1S/C20H17FN2O3/c1-12-18(19(23-26-12)13-5-3-2-4-6-13)20(24)22-11-16-10-14-9-15(21)7-8-17(14)25-16/h2-9,16H,10-11H2,1H3,(H,22,24)/t16-/m0/s1. The Morgan fingerprint density at radius 1 is 1.27 bits per heavy atom. The summed E-state index contributed by atoms with van der Waals surface area (Å²) in [6.45, 7) is 2.02. The molecule has 0 radical (unpaired) electrons. The first-order valence-corrected chi connectivity index (χ1v) is 8.37. The average Bonchev–Trinajstić information content (AvgIpc) is 3.23. The second-order valence-corrected chi connectivity index (χ2v) is 6.23. The predicted molar refractivity (Wildman–Crippen MR) is 93.5 cm³/mol. The third kappa shape index (κ3) is 3.06. The molecule has 0 saturated carbocycles. The maximum absolute atomic E-state index is 13.3. The molecule has 4 rings (SSSR count). The fourth-order valence-electron chi connectivity index (χ4n) is 3.13. The zero-order valence-corrected chi connectivity index (χ0v) is 14.2. The van der Waals surface area contributed by atoms with Crippen molar-refractivity contribution >= 4 is 5.91 Å². The van der Waals surface area contributed by atoms with Gasteiger partial charge < -0.3 is 14.6 Å². The van der Waals surface area contributed by atoms with E-state index in [1.54, 1.807) is 13.0 Å². The van der Waals surface area contributed by atoms with Crippen molar-refractivity contribution in [2.45, 2.75) is 19.4 Å². The van der Waals surface area contributed by atoms with Crippen molar-refractivity contribution in [2.24, 2.45) is 0 Å². The highest BCUT2D eigenvalue weighted by Crippen LogP contribution is 2.29. The molecule has 132 valence electrons. The van der Waals surface area contributed by atoms with Gasteiger partial charge in [0.15, 0.2) is 0 Å². The highest BCUT2D eigenvalue weighted by Gasteiger charge is 2.26. The van der Waals surface area contributed by atoms with Gasteiger partial charge in [-0.15, -0.1) is 0 Å². The molecule has 0 bridgehead atoms. The summed E-state index contributed by atoms with van der Waals surface area (Å²) in [5.74, 6) is 0.564. The van der Waals surface area contributed by atoms with Crippen LogP contribution in [0.25, 0.3) is 11.3 Å². The molecule has 1 N–H and O–H groups in total. The first-order chi connectivity index (χ1) is 12.6. The van der Waals surface area contributed by atoms with Crippen LogP contribution in [-0.4, -0.2) is 23.7 Å². The number of amides is 1. The molecule has 0 aliphatic carbocycles. The summed E-state index contributed by atoms with van der Waals surface area (Å²) in [5.41, 5.74) is 2.56. The van der Waals surface area contributed by atoms with Crippen LogP contribution in [0.5, 0.6) is 5.75 Å². The Morgan fingerprint density at radius 2 is 2.08 bits per heavy atom. The molecule has 0 fully saturated rings. The van der Waals surface area contributed by atoms with Gasteiger partial charge in [-0.3, -0.25) is 4.79 Å². The van der Waals surface area contributed by atoms with Crippen molar-refractivity contribution in [3.63, 3.8) is 0 Å². The minimum absolute atomic E-state index is 0.226. The van der Waals surface area contributed by atoms with Crippen molar-refractivity contribution < 1.29 is 18.4 Å². The smallest absolute Gasteiger partial charge is 0.257 e. The van der Waals surface area contributed by atoms with E-state index in [2.05, 4.69) is 10.5 Å². The maximum atomic E-state index is 13.3. The summed E-state index contributed by atoms with van der Waals surface area (Å²) in [7, 11) is 0. The SMILES string of the molecule is Cc1onc(-c2ccccc2)c1C(=O)NC[C@@H]1Cc2cc(F)ccc2O1. The topological polar surface area (TPSA) is 64.4 Å². The molecule has 1 atom stereocenters. The van der Waals surface area contributed by atoms with Crippen LogP contribution in [-0.2, 0) is 6.42 Å². The van der Waals surface area contributed by atoms with Crippen molar-refractivity contribution in [3.05, 3.63) is 71.2 Å². The number of hydrogen-bond donors (Lipinski definition) is 1. The average molecular weight is 352 g/mol. The third-order valence-electron chi connectivity index (χ3n) is 4.39. The number of carbonyl (C=O) groups excluding carboxylic acids is 1. The van der Waals surface area contributed by atoms with Crippen LogP contribution in [0, 0.1) is 12.7 Å². The second kappa shape index (κ2) is 6.63. The molecular formula is C20H17FN2O3. The van der Waals surface area contributed by atoms with E-state index in [9.17, 15) is 9.18 Å². The number of ether oxygens (including phenoxy) is 1. The number of rotatable bonds is 4. The quantitative estimate of drug-likeness (QED) is 0.780. The molecular weight excluding hydrogens is 335 g/mol. The van der Waals surface area contributed by atoms with Crippen LogP contribution >= 0.6 is 0 Å². The van der Waals surface area contributed by atoms with Gasteiger partial charge in [-0.25, -0.2) is 4.39 Å². The lowest BCUT2D eigenvalue weighted by Crippen LogP contribution is -2.34. The van der Waals surface area contributed by atoms with E-state index in [1.807, 2.05) is 30.3 Å². The van der Waals surface area contributed by atoms with E-state index in [0.29, 0.717) is 35.7 Å². The number of benzene rings is 2. The Kier molecular flexibility index (Phi) is 4.16. The van der Waals surface area contributed by atoms with Crippen molar-refractivity contribution in [1.29, 1.82) is 0 Å². The lowest BCUT2D eigenvalue weighted by Gasteiger charge is -2.12. The van der Waals surface area contributed by atoms with Crippen molar-refractivity contribution in [3.8, 4) is 17.0 Å². The molecule has 1 aliphatic rings. The van der Waals surface area contributed by atoms with E-state index in [-0.39, 0.29) is 17.8 Å². The van der Waals surface area contributed by atoms with E-state index in [0.717, 1.165) is 11.1 Å². The zero-order chi connectivity index (χ0) is 18.1. The molecule has 1 aromatic heterocycles. The molecule has 3 aromatic rings. The number of hydrogen-bond acceptors (Lipinski definition) is 4. The molecule has 1 aliphatic heterocycles. The van der Waals surface area contributed by atoms with Gasteiger partial charge in [0.25, 0.3) is 5.91 Å². The number of aryl methyl sites for hydroxylation is 1. The molecule has 26 heavy (non-hydrogen) atoms. The number of nitrogens with one attached hydrogen (secondary N) is 1. The van der Waals surface area contributed by atoms with E-state index < -0.39 is 0 Å². The van der Waals surface area contributed by atoms with Gasteiger partial charge in [-0.05, 0) is 25.1 Å². The van der Waals surface area contributed by atoms with Gasteiger partial charge in [0.05, 0.1) is 6.54 Å². The number of carbonyl (C=O) groups is 1. The highest BCUT2D eigenvalue weighted by atomic mass is 19.1. The van der Waals surface area contributed by atoms with E-state index in [4.69, 9.17) is 9.26 Å². The molecule has 0 saturated heterocycles. The maximum Gasteiger partial charge on any atom is 0.257 e. The molecule has 0 unspecified atom stereocenters. The van der Waals surface area contributed by atoms with Crippen LogP contribution in [0.2, 0.25) is 0 Å². The molecule has 5 nitrogen and oxygen atoms in total. The Hall–Kier alpha value is -3.15. The largest absolute Gasteiger partial charge is 0.488 e. The minimum Gasteiger partial charge on any atom is -0.488 e. The van der Waals surface area contributed by atoms with Gasteiger partial charge in [-0.1, -0.05) is 35.5 Å². The van der Waals surface area contributed by atoms with Crippen molar-refractivity contribution in [1.82, 2.24) is 10.5 Å². The van der Waals surface area contributed by atoms with E-state index in [1.165, 1.54) is 12.1 Å². The molecule has 0 spiro atoms. The number of fused-ring (bicyclic) bond motifs is 1. The summed E-state index contributed by atoms with van der Waals surface area (Å²) in [4.78, 5) is 12.7. The lowest BCUT2D eigenvalue weighted by molar-refractivity contribution is 0.0932. The van der Waals surface area contributed by atoms with Gasteiger partial charge in [-0.2, -0.15) is 0 Å². The number of aromatic nitrogens is 1. The summed E-state index contributed by atoms with van der Waals surface area (Å²) >= 11 is 0. The molecule has 1 amide bonds. The monoisotopic (exact) mass is 352 g/mol. The molecule has 6 heteroatoms. The van der Waals surface area contributed by atoms with Crippen LogP contribution < -0.4 is 10.1 Å². The van der Waals surface area contributed by atoms with Crippen LogP contribution in [0.1, 0.15) is 21.7 Å². The summed E-state index contributed by atoms with van der Waals surface area (Å²) < 4.78 is 24.3. The van der Waals surface area contributed by atoms with Gasteiger partial charge in [0.2, 0.25) is 0 Å². The normalized spacial score (nSPS) is 15.4. The summed E-state index contributed by atoms with van der Waals surface area (Å²) in [6.07, 6.45) is 0.331. The molecule has 2 aromatic carbocycles. The van der Waals surface area contributed by atoms with Crippen molar-refractivity contribution in [2.75, 3.05) is 6.54 Å². The number of halogens is 1. The third-order valence-corrected chi connectivity index (χ3v) is 4.39. The Balaban J connectivity index is 1.46. The van der Waals surface area contributed by atoms with Crippen LogP contribution in [0.3, 0.4) is 0 Å². The highest BCUT2D eigenvalue weighted by molar-refractivity contribution is 6.00. The fraction of sp³-hybridized carbons (Fsp3) is 0.200. The van der Waals surface area contributed by atoms with Crippen LogP contribution in [0.15, 0.2) is 53.1 Å². The Morgan fingerprint density at radius 3 is 2.88 bits per heavy atom. The van der Waals surface area contributed by atoms with E-state index >= 15 is 0 Å². The first kappa shape index (κ1) is 16.3.